The van der Waals surface area contributed by atoms with Crippen molar-refractivity contribution in [1.29, 1.82) is 0 Å². The summed E-state index contributed by atoms with van der Waals surface area (Å²) < 4.78 is 25.1. The maximum absolute atomic E-state index is 14.0. The lowest BCUT2D eigenvalue weighted by Gasteiger charge is -2.37. The highest BCUT2D eigenvalue weighted by Crippen LogP contribution is 2.33. The van der Waals surface area contributed by atoms with Crippen LogP contribution in [0.4, 0.5) is 4.39 Å². The zero-order valence-corrected chi connectivity index (χ0v) is 16.6. The topological polar surface area (TPSA) is 64.5 Å². The van der Waals surface area contributed by atoms with Crippen LogP contribution in [0.2, 0.25) is 0 Å². The summed E-state index contributed by atoms with van der Waals surface area (Å²) in [5.74, 6) is 0.704. The minimum Gasteiger partial charge on any atom is -0.436 e. The average Bonchev–Trinajstić information content (AvgIpc) is 2.75. The molecule has 2 saturated heterocycles. The second kappa shape index (κ2) is 8.86. The van der Waals surface area contributed by atoms with Gasteiger partial charge in [0.1, 0.15) is 0 Å². The van der Waals surface area contributed by atoms with Gasteiger partial charge in [-0.05, 0) is 51.2 Å². The smallest absolute Gasteiger partial charge is 0.226 e. The predicted molar refractivity (Wildman–Crippen MR) is 105 cm³/mol. The number of halogens is 1. The lowest BCUT2D eigenvalue weighted by Crippen LogP contribution is -2.43. The van der Waals surface area contributed by atoms with Gasteiger partial charge >= 0.3 is 0 Å². The maximum atomic E-state index is 14.0. The number of hydrogen-bond acceptors (Lipinski definition) is 5. The van der Waals surface area contributed by atoms with Gasteiger partial charge in [-0.25, -0.2) is 9.37 Å². The van der Waals surface area contributed by atoms with E-state index in [4.69, 9.17) is 9.47 Å². The number of carbonyl (C=O) groups is 1. The van der Waals surface area contributed by atoms with E-state index in [-0.39, 0.29) is 23.6 Å². The molecule has 0 N–H and O–H groups in total. The molecule has 3 heterocycles. The van der Waals surface area contributed by atoms with Gasteiger partial charge in [-0.1, -0.05) is 12.1 Å². The van der Waals surface area contributed by atoms with E-state index in [0.717, 1.165) is 37.8 Å². The van der Waals surface area contributed by atoms with Gasteiger partial charge < -0.3 is 14.4 Å². The monoisotopic (exact) mass is 399 g/mol. The highest BCUT2D eigenvalue weighted by Gasteiger charge is 2.34. The first-order chi connectivity index (χ1) is 14.1. The molecule has 0 aliphatic carbocycles. The third-order valence-corrected chi connectivity index (χ3v) is 5.55. The molecule has 1 atom stereocenters. The van der Waals surface area contributed by atoms with Crippen molar-refractivity contribution in [1.82, 2.24) is 14.9 Å². The fraction of sp³-hybridized carbons (Fsp3) is 0.500. The predicted octanol–water partition coefficient (Wildman–Crippen LogP) is 4.20. The van der Waals surface area contributed by atoms with Crippen LogP contribution < -0.4 is 4.74 Å². The Morgan fingerprint density at radius 1 is 1.17 bits per heavy atom. The van der Waals surface area contributed by atoms with Gasteiger partial charge in [0.15, 0.2) is 17.4 Å². The summed E-state index contributed by atoms with van der Waals surface area (Å²) in [4.78, 5) is 24.3. The van der Waals surface area contributed by atoms with Gasteiger partial charge in [-0.15, -0.1) is 0 Å². The molecule has 2 aromatic rings. The van der Waals surface area contributed by atoms with Crippen molar-refractivity contribution in [2.45, 2.75) is 45.1 Å². The average molecular weight is 399 g/mol. The molecule has 154 valence electrons. The summed E-state index contributed by atoms with van der Waals surface area (Å²) in [6.07, 6.45) is 4.34. The second-order valence-electron chi connectivity index (χ2n) is 7.67. The molecule has 2 aliphatic rings. The maximum Gasteiger partial charge on any atom is 0.226 e. The Bertz CT molecular complexity index is 870. The lowest BCUT2D eigenvalue weighted by molar-refractivity contribution is -0.142. The highest BCUT2D eigenvalue weighted by molar-refractivity contribution is 5.79. The van der Waals surface area contributed by atoms with Crippen LogP contribution in [-0.2, 0) is 9.53 Å². The van der Waals surface area contributed by atoms with Crippen molar-refractivity contribution in [3.8, 4) is 11.6 Å². The number of amides is 1. The Morgan fingerprint density at radius 2 is 1.97 bits per heavy atom. The third kappa shape index (κ3) is 4.56. The standard InChI is InChI=1S/C22H26FN3O3/c1-15-14-20(29-19-8-3-2-6-17(19)23)25-21(24-15)18-7-4-5-11-26(18)22(27)16-9-12-28-13-10-16/h2-3,6,8,14,16,18H,4-5,7,9-13H2,1H3. The van der Waals surface area contributed by atoms with Crippen LogP contribution in [0, 0.1) is 18.7 Å². The Kier molecular flexibility index (Phi) is 6.04. The van der Waals surface area contributed by atoms with Crippen LogP contribution in [0.1, 0.15) is 49.7 Å². The molecule has 1 aromatic heterocycles. The van der Waals surface area contributed by atoms with E-state index in [9.17, 15) is 9.18 Å². The molecule has 2 aliphatic heterocycles. The van der Waals surface area contributed by atoms with Crippen molar-refractivity contribution in [2.75, 3.05) is 19.8 Å². The Hall–Kier alpha value is -2.54. The molecule has 1 unspecified atom stereocenters. The summed E-state index contributed by atoms with van der Waals surface area (Å²) in [5, 5.41) is 0. The number of likely N-dealkylation sites (tertiary alicyclic amines) is 1. The lowest BCUT2D eigenvalue weighted by atomic mass is 9.94. The first-order valence-electron chi connectivity index (χ1n) is 10.3. The molecule has 0 saturated carbocycles. The van der Waals surface area contributed by atoms with Gasteiger partial charge in [0.25, 0.3) is 0 Å². The first kappa shape index (κ1) is 19.8. The Labute approximate surface area is 170 Å². The van der Waals surface area contributed by atoms with Crippen LogP contribution in [0.3, 0.4) is 0 Å². The van der Waals surface area contributed by atoms with Gasteiger partial charge in [0, 0.05) is 37.4 Å². The Balaban J connectivity index is 1.59. The summed E-state index contributed by atoms with van der Waals surface area (Å²) in [7, 11) is 0. The van der Waals surface area contributed by atoms with Gasteiger partial charge in [0.05, 0.1) is 6.04 Å². The van der Waals surface area contributed by atoms with E-state index in [1.165, 1.54) is 6.07 Å². The Morgan fingerprint density at radius 3 is 2.76 bits per heavy atom. The normalized spacial score (nSPS) is 20.5. The van der Waals surface area contributed by atoms with E-state index in [2.05, 4.69) is 9.97 Å². The first-order valence-corrected chi connectivity index (χ1v) is 10.3. The zero-order valence-electron chi connectivity index (χ0n) is 16.6. The van der Waals surface area contributed by atoms with Crippen molar-refractivity contribution in [3.05, 3.63) is 47.7 Å². The van der Waals surface area contributed by atoms with Crippen molar-refractivity contribution < 1.29 is 18.7 Å². The number of aromatic nitrogens is 2. The van der Waals surface area contributed by atoms with Crippen LogP contribution in [0.25, 0.3) is 0 Å². The van der Waals surface area contributed by atoms with Gasteiger partial charge in [0.2, 0.25) is 11.8 Å². The summed E-state index contributed by atoms with van der Waals surface area (Å²) in [6.45, 7) is 3.83. The minimum atomic E-state index is -0.445. The number of para-hydroxylation sites is 1. The van der Waals surface area contributed by atoms with E-state index >= 15 is 0 Å². The third-order valence-electron chi connectivity index (χ3n) is 5.55. The van der Waals surface area contributed by atoms with Crippen LogP contribution in [0.5, 0.6) is 11.6 Å². The van der Waals surface area contributed by atoms with Crippen molar-refractivity contribution in [3.63, 3.8) is 0 Å². The number of carbonyl (C=O) groups excluding carboxylic acids is 1. The summed E-state index contributed by atoms with van der Waals surface area (Å²) >= 11 is 0. The molecule has 4 rings (SSSR count). The molecule has 0 spiro atoms. The molecule has 6 nitrogen and oxygen atoms in total. The number of rotatable bonds is 4. The zero-order chi connectivity index (χ0) is 20.2. The number of hydrogen-bond donors (Lipinski definition) is 0. The van der Waals surface area contributed by atoms with E-state index < -0.39 is 5.82 Å². The SMILES string of the molecule is Cc1cc(Oc2ccccc2F)nc(C2CCCCN2C(=O)C2CCOCC2)n1. The number of piperidine rings is 1. The van der Waals surface area contributed by atoms with Crippen LogP contribution >= 0.6 is 0 Å². The molecule has 0 bridgehead atoms. The number of benzene rings is 1. The van der Waals surface area contributed by atoms with Gasteiger partial charge in [-0.2, -0.15) is 4.98 Å². The molecule has 0 radical (unpaired) electrons. The fourth-order valence-electron chi connectivity index (χ4n) is 4.05. The van der Waals surface area contributed by atoms with E-state index in [0.29, 0.717) is 31.5 Å². The van der Waals surface area contributed by atoms with Gasteiger partial charge in [-0.3, -0.25) is 4.79 Å². The van der Waals surface area contributed by atoms with Crippen LogP contribution in [0.15, 0.2) is 30.3 Å². The highest BCUT2D eigenvalue weighted by atomic mass is 19.1. The molecule has 29 heavy (non-hydrogen) atoms. The second-order valence-corrected chi connectivity index (χ2v) is 7.67. The molecular formula is C22H26FN3O3. The molecule has 1 amide bonds. The summed E-state index contributed by atoms with van der Waals surface area (Å²) in [5.41, 5.74) is 0.727. The number of aryl methyl sites for hydroxylation is 1. The van der Waals surface area contributed by atoms with Crippen molar-refractivity contribution >= 4 is 5.91 Å². The molecule has 1 aromatic carbocycles. The fourth-order valence-corrected chi connectivity index (χ4v) is 4.05. The largest absolute Gasteiger partial charge is 0.436 e. The van der Waals surface area contributed by atoms with Crippen LogP contribution in [-0.4, -0.2) is 40.5 Å². The van der Waals surface area contributed by atoms with Crippen molar-refractivity contribution in [2.24, 2.45) is 5.92 Å². The summed E-state index contributed by atoms with van der Waals surface area (Å²) in [6, 6.07) is 7.74. The molecular weight excluding hydrogens is 373 g/mol. The number of nitrogens with zero attached hydrogens (tertiary/aromatic N) is 3. The minimum absolute atomic E-state index is 0.00305. The van der Waals surface area contributed by atoms with E-state index in [1.807, 2.05) is 11.8 Å². The quantitative estimate of drug-likeness (QED) is 0.771. The molecule has 2 fully saturated rings. The number of ether oxygens (including phenoxy) is 2. The molecule has 7 heteroatoms. The van der Waals surface area contributed by atoms with E-state index in [1.54, 1.807) is 24.3 Å².